The second-order valence-electron chi connectivity index (χ2n) is 3.27. The maximum absolute atomic E-state index is 11.7. The summed E-state index contributed by atoms with van der Waals surface area (Å²) in [4.78, 5) is 17.6. The first-order valence-electron chi connectivity index (χ1n) is 5.25. The van der Waals surface area contributed by atoms with Crippen LogP contribution in [0.1, 0.15) is 24.2 Å². The number of hydrogen-bond acceptors (Lipinski definition) is 3. The van der Waals surface area contributed by atoms with Crippen LogP contribution < -0.4 is 0 Å². The smallest absolute Gasteiger partial charge is 0.187 e. The average Bonchev–Trinajstić information content (AvgIpc) is 2.30. The van der Waals surface area contributed by atoms with E-state index in [4.69, 9.17) is 11.6 Å². The van der Waals surface area contributed by atoms with Gasteiger partial charge in [-0.15, -0.1) is 0 Å². The Morgan fingerprint density at radius 2 is 2.19 bits per heavy atom. The molecule has 0 unspecified atom stereocenters. The van der Waals surface area contributed by atoms with Crippen LogP contribution in [-0.4, -0.2) is 28.8 Å². The summed E-state index contributed by atoms with van der Waals surface area (Å²) in [6, 6.07) is 3.22. The van der Waals surface area contributed by atoms with Crippen LogP contribution in [0, 0.1) is 0 Å². The molecule has 0 radical (unpaired) electrons. The summed E-state index contributed by atoms with van der Waals surface area (Å²) >= 11 is 5.71. The summed E-state index contributed by atoms with van der Waals surface area (Å²) in [6.07, 6.45) is 4.89. The molecule has 86 valence electrons. The van der Waals surface area contributed by atoms with Gasteiger partial charge >= 0.3 is 0 Å². The first kappa shape index (κ1) is 12.7. The number of hydrogen-bond donors (Lipinski definition) is 0. The third kappa shape index (κ3) is 3.66. The lowest BCUT2D eigenvalue weighted by Gasteiger charge is -2.14. The van der Waals surface area contributed by atoms with Crippen LogP contribution in [0.25, 0.3) is 0 Å². The highest BCUT2D eigenvalue weighted by Crippen LogP contribution is 2.08. The minimum absolute atomic E-state index is 0.0591. The van der Waals surface area contributed by atoms with Crippen molar-refractivity contribution in [2.45, 2.75) is 13.8 Å². The topological polar surface area (TPSA) is 33.2 Å². The van der Waals surface area contributed by atoms with Crippen LogP contribution in [0.5, 0.6) is 0 Å². The summed E-state index contributed by atoms with van der Waals surface area (Å²) in [6.45, 7) is 5.86. The molecular formula is C12H15ClN2O. The van der Waals surface area contributed by atoms with Gasteiger partial charge in [-0.25, -0.2) is 4.98 Å². The highest BCUT2D eigenvalue weighted by atomic mass is 35.5. The van der Waals surface area contributed by atoms with Crippen LogP contribution in [0.3, 0.4) is 0 Å². The van der Waals surface area contributed by atoms with E-state index in [-0.39, 0.29) is 5.78 Å². The normalized spacial score (nSPS) is 10.7. The van der Waals surface area contributed by atoms with E-state index in [0.29, 0.717) is 10.7 Å². The first-order chi connectivity index (χ1) is 7.67. The van der Waals surface area contributed by atoms with E-state index >= 15 is 0 Å². The molecule has 0 aromatic carbocycles. The largest absolute Gasteiger partial charge is 0.378 e. The minimum Gasteiger partial charge on any atom is -0.378 e. The molecule has 0 bridgehead atoms. The third-order valence-corrected chi connectivity index (χ3v) is 2.47. The molecule has 0 atom stereocenters. The Hall–Kier alpha value is -1.35. The van der Waals surface area contributed by atoms with E-state index in [2.05, 4.69) is 4.98 Å². The molecule has 0 N–H and O–H groups in total. The van der Waals surface area contributed by atoms with Gasteiger partial charge in [0.1, 0.15) is 5.15 Å². The molecule has 1 heterocycles. The third-order valence-electron chi connectivity index (χ3n) is 2.26. The molecule has 3 nitrogen and oxygen atoms in total. The van der Waals surface area contributed by atoms with Crippen molar-refractivity contribution in [3.8, 4) is 0 Å². The Kier molecular flexibility index (Phi) is 4.99. The zero-order valence-corrected chi connectivity index (χ0v) is 10.2. The summed E-state index contributed by atoms with van der Waals surface area (Å²) in [5.74, 6) is -0.0591. The Morgan fingerprint density at radius 3 is 2.75 bits per heavy atom. The van der Waals surface area contributed by atoms with Crippen molar-refractivity contribution in [2.75, 3.05) is 13.1 Å². The van der Waals surface area contributed by atoms with Crippen molar-refractivity contribution in [2.24, 2.45) is 0 Å². The van der Waals surface area contributed by atoms with Crippen LogP contribution in [0.4, 0.5) is 0 Å². The van der Waals surface area contributed by atoms with Crippen LogP contribution >= 0.6 is 11.6 Å². The number of carbonyl (C=O) groups excluding carboxylic acids is 1. The van der Waals surface area contributed by atoms with Crippen molar-refractivity contribution in [1.82, 2.24) is 9.88 Å². The van der Waals surface area contributed by atoms with Crippen molar-refractivity contribution in [1.29, 1.82) is 0 Å². The fraction of sp³-hybridized carbons (Fsp3) is 0.333. The van der Waals surface area contributed by atoms with Crippen molar-refractivity contribution in [3.05, 3.63) is 41.3 Å². The Morgan fingerprint density at radius 1 is 1.50 bits per heavy atom. The number of rotatable bonds is 5. The molecule has 0 aliphatic carbocycles. The molecule has 16 heavy (non-hydrogen) atoms. The predicted octanol–water partition coefficient (Wildman–Crippen LogP) is 2.77. The maximum atomic E-state index is 11.7. The van der Waals surface area contributed by atoms with Crippen LogP contribution in [-0.2, 0) is 0 Å². The van der Waals surface area contributed by atoms with Crippen LogP contribution in [0.2, 0.25) is 5.15 Å². The number of halogens is 1. The average molecular weight is 239 g/mol. The molecule has 1 rings (SSSR count). The SMILES string of the molecule is CCN(C=CC(=O)c1ccnc(Cl)c1)CC. The summed E-state index contributed by atoms with van der Waals surface area (Å²) in [5, 5.41) is 0.335. The Balaban J connectivity index is 2.72. The molecule has 0 aliphatic rings. The molecule has 0 saturated heterocycles. The summed E-state index contributed by atoms with van der Waals surface area (Å²) in [5.41, 5.74) is 0.559. The number of aromatic nitrogens is 1. The molecule has 1 aromatic heterocycles. The fourth-order valence-corrected chi connectivity index (χ4v) is 1.43. The summed E-state index contributed by atoms with van der Waals surface area (Å²) < 4.78 is 0. The molecular weight excluding hydrogens is 224 g/mol. The van der Waals surface area contributed by atoms with Gasteiger partial charge < -0.3 is 4.90 Å². The summed E-state index contributed by atoms with van der Waals surface area (Å²) in [7, 11) is 0. The number of pyridine rings is 1. The van der Waals surface area contributed by atoms with E-state index in [1.807, 2.05) is 18.7 Å². The Bertz CT molecular complexity index is 386. The van der Waals surface area contributed by atoms with Gasteiger partial charge in [0.2, 0.25) is 0 Å². The van der Waals surface area contributed by atoms with Crippen molar-refractivity contribution < 1.29 is 4.79 Å². The van der Waals surface area contributed by atoms with E-state index in [9.17, 15) is 4.79 Å². The van der Waals surface area contributed by atoms with Gasteiger partial charge in [0.15, 0.2) is 5.78 Å². The lowest BCUT2D eigenvalue weighted by Crippen LogP contribution is -2.15. The minimum atomic E-state index is -0.0591. The molecule has 0 aliphatic heterocycles. The zero-order valence-electron chi connectivity index (χ0n) is 9.48. The predicted molar refractivity (Wildman–Crippen MR) is 65.6 cm³/mol. The Labute approximate surface area is 101 Å². The van der Waals surface area contributed by atoms with E-state index in [0.717, 1.165) is 13.1 Å². The quantitative estimate of drug-likeness (QED) is 0.449. The zero-order chi connectivity index (χ0) is 12.0. The van der Waals surface area contributed by atoms with Gasteiger partial charge in [-0.3, -0.25) is 4.79 Å². The van der Waals surface area contributed by atoms with Gasteiger partial charge in [0.05, 0.1) is 0 Å². The maximum Gasteiger partial charge on any atom is 0.187 e. The number of carbonyl (C=O) groups is 1. The van der Waals surface area contributed by atoms with Gasteiger partial charge in [-0.1, -0.05) is 11.6 Å². The number of ketones is 1. The molecule has 4 heteroatoms. The van der Waals surface area contributed by atoms with Gasteiger partial charge in [0, 0.05) is 37.1 Å². The first-order valence-corrected chi connectivity index (χ1v) is 5.63. The van der Waals surface area contributed by atoms with Crippen molar-refractivity contribution in [3.63, 3.8) is 0 Å². The molecule has 0 spiro atoms. The van der Waals surface area contributed by atoms with E-state index in [1.54, 1.807) is 24.4 Å². The lowest BCUT2D eigenvalue weighted by molar-refractivity contribution is 0.104. The molecule has 0 fully saturated rings. The number of nitrogens with zero attached hydrogens (tertiary/aromatic N) is 2. The fourth-order valence-electron chi connectivity index (χ4n) is 1.26. The van der Waals surface area contributed by atoms with E-state index in [1.165, 1.54) is 6.20 Å². The molecule has 0 amide bonds. The van der Waals surface area contributed by atoms with Gasteiger partial charge in [-0.05, 0) is 26.0 Å². The highest BCUT2D eigenvalue weighted by Gasteiger charge is 2.02. The highest BCUT2D eigenvalue weighted by molar-refractivity contribution is 6.29. The monoisotopic (exact) mass is 238 g/mol. The second-order valence-corrected chi connectivity index (χ2v) is 3.66. The molecule has 0 saturated carbocycles. The van der Waals surface area contributed by atoms with Crippen molar-refractivity contribution >= 4 is 17.4 Å². The van der Waals surface area contributed by atoms with Crippen LogP contribution in [0.15, 0.2) is 30.6 Å². The number of allylic oxidation sites excluding steroid dienone is 1. The lowest BCUT2D eigenvalue weighted by atomic mass is 10.2. The standard InChI is InChI=1S/C12H15ClN2O/c1-3-15(4-2)8-6-11(16)10-5-7-14-12(13)9-10/h5-9H,3-4H2,1-2H3. The molecule has 1 aromatic rings. The van der Waals surface area contributed by atoms with Gasteiger partial charge in [-0.2, -0.15) is 0 Å². The van der Waals surface area contributed by atoms with Gasteiger partial charge in [0.25, 0.3) is 0 Å². The second kappa shape index (κ2) is 6.28. The van der Waals surface area contributed by atoms with E-state index < -0.39 is 0 Å².